The molecule has 0 unspecified atom stereocenters. The van der Waals surface area contributed by atoms with Crippen molar-refractivity contribution in [3.05, 3.63) is 17.5 Å². The first-order valence-corrected chi connectivity index (χ1v) is 13.9. The lowest BCUT2D eigenvalue weighted by atomic mass is 9.90. The number of anilines is 2. The summed E-state index contributed by atoms with van der Waals surface area (Å²) in [5.41, 5.74) is 3.37. The second kappa shape index (κ2) is 9.30. The summed E-state index contributed by atoms with van der Waals surface area (Å²) in [6.07, 6.45) is 6.01. The zero-order valence-electron chi connectivity index (χ0n) is 21.4. The average molecular weight is 511 g/mol. The lowest BCUT2D eigenvalue weighted by molar-refractivity contribution is 0.0240. The minimum absolute atomic E-state index is 0.247. The van der Waals surface area contributed by atoms with E-state index in [2.05, 4.69) is 9.80 Å². The van der Waals surface area contributed by atoms with E-state index < -0.39 is 5.60 Å². The Bertz CT molecular complexity index is 1290. The molecule has 2 saturated heterocycles. The first kappa shape index (κ1) is 23.7. The van der Waals surface area contributed by atoms with Gasteiger partial charge in [-0.3, -0.25) is 0 Å². The van der Waals surface area contributed by atoms with Crippen LogP contribution in [-0.2, 0) is 22.3 Å². The lowest BCUT2D eigenvalue weighted by Gasteiger charge is -2.36. The van der Waals surface area contributed by atoms with Crippen LogP contribution in [0.5, 0.6) is 0 Å². The van der Waals surface area contributed by atoms with E-state index >= 15 is 0 Å². The Hall–Kier alpha value is -2.72. The number of aromatic nitrogens is 3. The summed E-state index contributed by atoms with van der Waals surface area (Å²) in [5, 5.41) is 1.22. The number of carbonyl (C=O) groups is 1. The van der Waals surface area contributed by atoms with Gasteiger partial charge in [-0.2, -0.15) is 0 Å². The lowest BCUT2D eigenvalue weighted by Crippen LogP contribution is -2.50. The number of hydrogen-bond acceptors (Lipinski definition) is 9. The fourth-order valence-corrected chi connectivity index (χ4v) is 6.69. The fraction of sp³-hybridized carbons (Fsp3) is 0.615. The van der Waals surface area contributed by atoms with Gasteiger partial charge in [-0.25, -0.2) is 19.7 Å². The number of nitrogens with zero attached hydrogens (tertiary/aromatic N) is 6. The van der Waals surface area contributed by atoms with Crippen LogP contribution >= 0.6 is 11.3 Å². The molecule has 2 fully saturated rings. The average Bonchev–Trinajstić information content (AvgIpc) is 3.27. The number of rotatable bonds is 2. The highest BCUT2D eigenvalue weighted by Gasteiger charge is 2.30. The van der Waals surface area contributed by atoms with Gasteiger partial charge in [0.1, 0.15) is 28.4 Å². The van der Waals surface area contributed by atoms with Crippen LogP contribution in [0.3, 0.4) is 0 Å². The van der Waals surface area contributed by atoms with Gasteiger partial charge in [0, 0.05) is 44.7 Å². The molecule has 36 heavy (non-hydrogen) atoms. The molecule has 3 aromatic rings. The minimum Gasteiger partial charge on any atom is -0.444 e. The second-order valence-corrected chi connectivity index (χ2v) is 11.8. The van der Waals surface area contributed by atoms with E-state index in [0.29, 0.717) is 26.2 Å². The number of thiophene rings is 1. The normalized spacial score (nSPS) is 19.1. The molecule has 9 nitrogen and oxygen atoms in total. The number of piperazine rings is 1. The van der Waals surface area contributed by atoms with Crippen LogP contribution in [0.2, 0.25) is 0 Å². The summed E-state index contributed by atoms with van der Waals surface area (Å²) < 4.78 is 12.3. The van der Waals surface area contributed by atoms with Crippen LogP contribution in [0, 0.1) is 0 Å². The highest BCUT2D eigenvalue weighted by atomic mass is 32.1. The van der Waals surface area contributed by atoms with Gasteiger partial charge in [0.2, 0.25) is 0 Å². The quantitative estimate of drug-likeness (QED) is 0.511. The molecule has 0 N–H and O–H groups in total. The van der Waals surface area contributed by atoms with Gasteiger partial charge in [-0.05, 0) is 57.6 Å². The van der Waals surface area contributed by atoms with E-state index in [1.807, 2.05) is 20.8 Å². The van der Waals surface area contributed by atoms with Crippen molar-refractivity contribution in [2.24, 2.45) is 0 Å². The summed E-state index contributed by atoms with van der Waals surface area (Å²) in [6.45, 7) is 11.6. The number of pyridine rings is 1. The maximum atomic E-state index is 12.5. The number of amides is 1. The van der Waals surface area contributed by atoms with Gasteiger partial charge >= 0.3 is 6.09 Å². The van der Waals surface area contributed by atoms with Gasteiger partial charge in [-0.1, -0.05) is 0 Å². The van der Waals surface area contributed by atoms with Crippen molar-refractivity contribution >= 4 is 49.5 Å². The Kier molecular flexibility index (Phi) is 6.11. The first-order chi connectivity index (χ1) is 17.4. The Balaban J connectivity index is 1.35. The van der Waals surface area contributed by atoms with E-state index in [4.69, 9.17) is 24.4 Å². The van der Waals surface area contributed by atoms with E-state index in [9.17, 15) is 4.79 Å². The summed E-state index contributed by atoms with van der Waals surface area (Å²) in [5.74, 6) is 2.09. The van der Waals surface area contributed by atoms with Crippen LogP contribution in [0.1, 0.15) is 44.7 Å². The third kappa shape index (κ3) is 4.34. The summed E-state index contributed by atoms with van der Waals surface area (Å²) in [7, 11) is 0. The topological polar surface area (TPSA) is 83.9 Å². The van der Waals surface area contributed by atoms with Crippen molar-refractivity contribution in [3.63, 3.8) is 0 Å². The molecule has 3 aromatic heterocycles. The molecular formula is C26H34N6O3S. The van der Waals surface area contributed by atoms with Crippen molar-refractivity contribution in [1.29, 1.82) is 0 Å². The van der Waals surface area contributed by atoms with Crippen LogP contribution in [-0.4, -0.2) is 84.0 Å². The van der Waals surface area contributed by atoms with Crippen molar-refractivity contribution in [3.8, 4) is 0 Å². The van der Waals surface area contributed by atoms with Crippen LogP contribution in [0.25, 0.3) is 20.4 Å². The third-order valence-electron chi connectivity index (χ3n) is 7.22. The smallest absolute Gasteiger partial charge is 0.410 e. The standard InChI is InChI=1S/C26H34N6O3S/c1-26(2,3)35-25(33)32-10-8-30(9-11-32)23-21-20(27-16-28-23)19-17-6-4-5-7-18(17)22(29-24(19)36-21)31-12-14-34-15-13-31/h16H,4-15H2,1-3H3. The molecule has 0 spiro atoms. The molecule has 3 aliphatic rings. The molecule has 6 rings (SSSR count). The summed E-state index contributed by atoms with van der Waals surface area (Å²) >= 11 is 1.71. The molecule has 0 saturated carbocycles. The second-order valence-electron chi connectivity index (χ2n) is 10.8. The van der Waals surface area contributed by atoms with E-state index in [1.165, 1.54) is 29.4 Å². The first-order valence-electron chi connectivity index (χ1n) is 13.0. The van der Waals surface area contributed by atoms with Crippen molar-refractivity contribution in [1.82, 2.24) is 19.9 Å². The van der Waals surface area contributed by atoms with Crippen molar-refractivity contribution < 1.29 is 14.3 Å². The Labute approximate surface area is 215 Å². The highest BCUT2D eigenvalue weighted by Crippen LogP contribution is 2.43. The molecule has 1 amide bonds. The molecule has 0 atom stereocenters. The van der Waals surface area contributed by atoms with Gasteiger partial charge < -0.3 is 24.2 Å². The summed E-state index contributed by atoms with van der Waals surface area (Å²) in [4.78, 5) is 34.8. The number of carbonyl (C=O) groups excluding carboxylic acids is 1. The fourth-order valence-electron chi connectivity index (χ4n) is 5.52. The van der Waals surface area contributed by atoms with Gasteiger partial charge in [0.25, 0.3) is 0 Å². The number of fused-ring (bicyclic) bond motifs is 5. The monoisotopic (exact) mass is 510 g/mol. The molecule has 0 aromatic carbocycles. The van der Waals surface area contributed by atoms with Gasteiger partial charge in [-0.15, -0.1) is 11.3 Å². The highest BCUT2D eigenvalue weighted by molar-refractivity contribution is 7.26. The third-order valence-corrected chi connectivity index (χ3v) is 8.29. The van der Waals surface area contributed by atoms with Gasteiger partial charge in [0.15, 0.2) is 0 Å². The van der Waals surface area contributed by atoms with E-state index in [-0.39, 0.29) is 6.09 Å². The largest absolute Gasteiger partial charge is 0.444 e. The Morgan fingerprint density at radius 1 is 0.944 bits per heavy atom. The maximum Gasteiger partial charge on any atom is 0.410 e. The molecule has 1 aliphatic carbocycles. The molecule has 192 valence electrons. The molecule has 5 heterocycles. The van der Waals surface area contributed by atoms with Crippen LogP contribution in [0.15, 0.2) is 6.33 Å². The number of hydrogen-bond donors (Lipinski definition) is 0. The Morgan fingerprint density at radius 2 is 1.64 bits per heavy atom. The maximum absolute atomic E-state index is 12.5. The van der Waals surface area contributed by atoms with Gasteiger partial charge in [0.05, 0.1) is 23.4 Å². The van der Waals surface area contributed by atoms with E-state index in [0.717, 1.165) is 65.8 Å². The number of aryl methyl sites for hydroxylation is 1. The van der Waals surface area contributed by atoms with Crippen molar-refractivity contribution in [2.75, 3.05) is 62.3 Å². The van der Waals surface area contributed by atoms with Crippen molar-refractivity contribution in [2.45, 2.75) is 52.1 Å². The molecule has 10 heteroatoms. The van der Waals surface area contributed by atoms with Crippen LogP contribution in [0.4, 0.5) is 16.4 Å². The molecule has 0 bridgehead atoms. The molecule has 2 aliphatic heterocycles. The molecule has 0 radical (unpaired) electrons. The minimum atomic E-state index is -0.490. The predicted molar refractivity (Wildman–Crippen MR) is 142 cm³/mol. The predicted octanol–water partition coefficient (Wildman–Crippen LogP) is 4.01. The number of morpholine rings is 1. The van der Waals surface area contributed by atoms with E-state index in [1.54, 1.807) is 22.6 Å². The zero-order chi connectivity index (χ0) is 24.9. The SMILES string of the molecule is CC(C)(C)OC(=O)N1CCN(c2ncnc3c2sc2nc(N4CCOCC4)c4c(c23)CCCC4)CC1. The van der Waals surface area contributed by atoms with Crippen LogP contribution < -0.4 is 9.80 Å². The zero-order valence-corrected chi connectivity index (χ0v) is 22.2. The molecular weight excluding hydrogens is 476 g/mol. The number of ether oxygens (including phenoxy) is 2. The summed E-state index contributed by atoms with van der Waals surface area (Å²) in [6, 6.07) is 0. The Morgan fingerprint density at radius 3 is 2.36 bits per heavy atom.